The number of rotatable bonds is 5. The number of aliphatic carboxylic acids is 1. The minimum atomic E-state index is -1.20. The lowest BCUT2D eigenvalue weighted by Gasteiger charge is -2.44. The minimum absolute atomic E-state index is 0.0216. The summed E-state index contributed by atoms with van der Waals surface area (Å²) in [6, 6.07) is 12.3. The first kappa shape index (κ1) is 22.2. The fourth-order valence-corrected chi connectivity index (χ4v) is 4.58. The predicted octanol–water partition coefficient (Wildman–Crippen LogP) is 3.17. The number of carboxylic acid groups (broad SMARTS) is 1. The van der Waals surface area contributed by atoms with Crippen molar-refractivity contribution in [3.8, 4) is 0 Å². The number of ether oxygens (including phenoxy) is 1. The summed E-state index contributed by atoms with van der Waals surface area (Å²) in [5.74, 6) is -1.87. The van der Waals surface area contributed by atoms with Crippen LogP contribution in [0.2, 0.25) is 5.02 Å². The lowest BCUT2D eigenvalue weighted by Crippen LogP contribution is -2.58. The molecule has 1 spiro atoms. The van der Waals surface area contributed by atoms with Crippen LogP contribution in [-0.4, -0.2) is 63.2 Å². The lowest BCUT2D eigenvalue weighted by molar-refractivity contribution is -0.384. The third-order valence-electron chi connectivity index (χ3n) is 6.04. The van der Waals surface area contributed by atoms with Crippen LogP contribution < -0.4 is 0 Å². The van der Waals surface area contributed by atoms with Crippen LogP contribution in [0.25, 0.3) is 0 Å². The SMILES string of the molecule is O=C(O)[C@@H]1COC2(CCN(Cc3ccccc3)CC2)N1C(=O)c1cc([N+](=O)[O-])ccc1Cl. The largest absolute Gasteiger partial charge is 0.480 e. The molecule has 1 amide bonds. The number of piperidine rings is 1. The summed E-state index contributed by atoms with van der Waals surface area (Å²) in [6.07, 6.45) is 0.837. The Morgan fingerprint density at radius 2 is 1.88 bits per heavy atom. The van der Waals surface area contributed by atoms with E-state index in [-0.39, 0.29) is 22.9 Å². The maximum absolute atomic E-state index is 13.5. The second-order valence-electron chi connectivity index (χ2n) is 7.97. The van der Waals surface area contributed by atoms with Gasteiger partial charge in [-0.1, -0.05) is 41.9 Å². The van der Waals surface area contributed by atoms with Crippen LogP contribution in [0.3, 0.4) is 0 Å². The zero-order valence-corrected chi connectivity index (χ0v) is 17.9. The van der Waals surface area contributed by atoms with E-state index >= 15 is 0 Å². The van der Waals surface area contributed by atoms with Gasteiger partial charge in [0.2, 0.25) is 0 Å². The Labute approximate surface area is 189 Å². The Morgan fingerprint density at radius 3 is 2.50 bits per heavy atom. The number of nitro benzene ring substituents is 1. The third-order valence-corrected chi connectivity index (χ3v) is 6.37. The smallest absolute Gasteiger partial charge is 0.328 e. The quantitative estimate of drug-likeness (QED) is 0.539. The molecule has 0 aliphatic carbocycles. The predicted molar refractivity (Wildman–Crippen MR) is 115 cm³/mol. The van der Waals surface area contributed by atoms with E-state index in [0.29, 0.717) is 25.9 Å². The van der Waals surface area contributed by atoms with Gasteiger partial charge in [0.1, 0.15) is 5.72 Å². The van der Waals surface area contributed by atoms with E-state index in [1.54, 1.807) is 0 Å². The Hall–Kier alpha value is -3.01. The van der Waals surface area contributed by atoms with E-state index in [4.69, 9.17) is 16.3 Å². The van der Waals surface area contributed by atoms with Gasteiger partial charge >= 0.3 is 5.97 Å². The summed E-state index contributed by atoms with van der Waals surface area (Å²) < 4.78 is 5.95. The normalized spacial score (nSPS) is 20.4. The molecule has 0 aromatic heterocycles. The summed E-state index contributed by atoms with van der Waals surface area (Å²) in [4.78, 5) is 39.4. The molecule has 0 radical (unpaired) electrons. The molecular formula is C22H22ClN3O6. The molecule has 1 atom stereocenters. The van der Waals surface area contributed by atoms with Crippen molar-refractivity contribution in [2.45, 2.75) is 31.2 Å². The van der Waals surface area contributed by atoms with Crippen molar-refractivity contribution in [2.75, 3.05) is 19.7 Å². The first-order valence-corrected chi connectivity index (χ1v) is 10.6. The van der Waals surface area contributed by atoms with Gasteiger partial charge in [-0.2, -0.15) is 0 Å². The van der Waals surface area contributed by atoms with Gasteiger partial charge < -0.3 is 9.84 Å². The molecule has 1 N–H and O–H groups in total. The second-order valence-corrected chi connectivity index (χ2v) is 8.38. The maximum Gasteiger partial charge on any atom is 0.328 e. The van der Waals surface area contributed by atoms with Gasteiger partial charge in [-0.15, -0.1) is 0 Å². The number of amides is 1. The molecule has 4 rings (SSSR count). The van der Waals surface area contributed by atoms with Gasteiger partial charge in [0.25, 0.3) is 11.6 Å². The Bertz CT molecular complexity index is 1040. The number of halogens is 1. The van der Waals surface area contributed by atoms with Crippen molar-refractivity contribution in [1.29, 1.82) is 0 Å². The average molecular weight is 460 g/mol. The number of carboxylic acids is 1. The fraction of sp³-hybridized carbons (Fsp3) is 0.364. The molecule has 2 heterocycles. The summed E-state index contributed by atoms with van der Waals surface area (Å²) in [7, 11) is 0. The van der Waals surface area contributed by atoms with E-state index in [1.807, 2.05) is 30.3 Å². The fourth-order valence-electron chi connectivity index (χ4n) is 4.38. The van der Waals surface area contributed by atoms with Crippen LogP contribution in [0.5, 0.6) is 0 Å². The molecule has 10 heteroatoms. The molecule has 32 heavy (non-hydrogen) atoms. The van der Waals surface area contributed by atoms with Gasteiger partial charge in [0, 0.05) is 44.6 Å². The zero-order valence-electron chi connectivity index (χ0n) is 17.1. The molecule has 2 aromatic carbocycles. The molecular weight excluding hydrogens is 438 g/mol. The minimum Gasteiger partial charge on any atom is -0.480 e. The second kappa shape index (κ2) is 8.85. The lowest BCUT2D eigenvalue weighted by atomic mass is 9.96. The molecule has 2 aliphatic heterocycles. The maximum atomic E-state index is 13.5. The Kier molecular flexibility index (Phi) is 6.14. The van der Waals surface area contributed by atoms with E-state index in [1.165, 1.54) is 17.0 Å². The molecule has 2 aliphatic rings. The summed E-state index contributed by atoms with van der Waals surface area (Å²) in [5.41, 5.74) is -0.336. The van der Waals surface area contributed by atoms with Crippen LogP contribution >= 0.6 is 11.6 Å². The van der Waals surface area contributed by atoms with Gasteiger partial charge in [0.05, 0.1) is 22.1 Å². The monoisotopic (exact) mass is 459 g/mol. The molecule has 2 saturated heterocycles. The van der Waals surface area contributed by atoms with Gasteiger partial charge in [0.15, 0.2) is 6.04 Å². The van der Waals surface area contributed by atoms with Crippen LogP contribution in [-0.2, 0) is 16.1 Å². The molecule has 2 fully saturated rings. The van der Waals surface area contributed by atoms with Crippen molar-refractivity contribution in [2.24, 2.45) is 0 Å². The highest BCUT2D eigenvalue weighted by Crippen LogP contribution is 2.39. The Balaban J connectivity index is 1.59. The molecule has 0 saturated carbocycles. The summed E-state index contributed by atoms with van der Waals surface area (Å²) in [5, 5.41) is 20.9. The van der Waals surface area contributed by atoms with E-state index in [9.17, 15) is 24.8 Å². The Morgan fingerprint density at radius 1 is 1.19 bits per heavy atom. The number of nitro groups is 1. The molecule has 2 aromatic rings. The summed E-state index contributed by atoms with van der Waals surface area (Å²) >= 11 is 6.18. The topological polar surface area (TPSA) is 113 Å². The number of nitrogens with zero attached hydrogens (tertiary/aromatic N) is 3. The van der Waals surface area contributed by atoms with Gasteiger partial charge in [-0.3, -0.25) is 24.7 Å². The van der Waals surface area contributed by atoms with E-state index in [2.05, 4.69) is 4.90 Å². The molecule has 168 valence electrons. The highest BCUT2D eigenvalue weighted by atomic mass is 35.5. The number of carbonyl (C=O) groups is 2. The standard InChI is InChI=1S/C22H22ClN3O6/c23-18-7-6-16(26(30)31)12-17(18)20(27)25-19(21(28)29)14-32-22(25)8-10-24(11-9-22)13-15-4-2-1-3-5-15/h1-7,12,19H,8-11,13-14H2,(H,28,29)/t19-/m0/s1. The number of carbonyl (C=O) groups excluding carboxylic acids is 1. The molecule has 9 nitrogen and oxygen atoms in total. The van der Waals surface area contributed by atoms with Crippen molar-refractivity contribution < 1.29 is 24.4 Å². The highest BCUT2D eigenvalue weighted by Gasteiger charge is 2.54. The number of benzene rings is 2. The molecule has 0 unspecified atom stereocenters. The molecule has 0 bridgehead atoms. The van der Waals surface area contributed by atoms with Crippen LogP contribution in [0.1, 0.15) is 28.8 Å². The van der Waals surface area contributed by atoms with Crippen LogP contribution in [0, 0.1) is 10.1 Å². The van der Waals surface area contributed by atoms with Crippen molar-refractivity contribution >= 4 is 29.2 Å². The first-order valence-electron chi connectivity index (χ1n) is 10.2. The van der Waals surface area contributed by atoms with Gasteiger partial charge in [-0.25, -0.2) is 4.79 Å². The average Bonchev–Trinajstić information content (AvgIpc) is 3.15. The zero-order chi connectivity index (χ0) is 22.9. The number of non-ortho nitro benzene ring substituents is 1. The van der Waals surface area contributed by atoms with Gasteiger partial charge in [-0.05, 0) is 11.6 Å². The van der Waals surface area contributed by atoms with Crippen LogP contribution in [0.15, 0.2) is 48.5 Å². The highest BCUT2D eigenvalue weighted by molar-refractivity contribution is 6.34. The van der Waals surface area contributed by atoms with Crippen molar-refractivity contribution in [3.63, 3.8) is 0 Å². The van der Waals surface area contributed by atoms with Crippen molar-refractivity contribution in [3.05, 3.63) is 74.8 Å². The van der Waals surface area contributed by atoms with Crippen molar-refractivity contribution in [1.82, 2.24) is 9.80 Å². The van der Waals surface area contributed by atoms with E-state index < -0.39 is 28.6 Å². The number of hydrogen-bond acceptors (Lipinski definition) is 6. The number of likely N-dealkylation sites (tertiary alicyclic amines) is 1. The van der Waals surface area contributed by atoms with Crippen LogP contribution in [0.4, 0.5) is 5.69 Å². The first-order chi connectivity index (χ1) is 15.3. The third kappa shape index (κ3) is 4.19. The summed E-state index contributed by atoms with van der Waals surface area (Å²) in [6.45, 7) is 1.80. The van der Waals surface area contributed by atoms with E-state index in [0.717, 1.165) is 18.2 Å². The number of hydrogen-bond donors (Lipinski definition) is 1.